The zero-order valence-corrected chi connectivity index (χ0v) is 14.8. The molecule has 0 saturated heterocycles. The number of aryl methyl sites for hydroxylation is 1. The molecular weight excluding hydrogens is 348 g/mol. The van der Waals surface area contributed by atoms with E-state index in [1.165, 1.54) is 29.9 Å². The molecule has 1 N–H and O–H groups in total. The molecule has 3 aromatic heterocycles. The third-order valence-electron chi connectivity index (χ3n) is 5.25. The van der Waals surface area contributed by atoms with E-state index in [0.717, 1.165) is 36.0 Å². The number of aromatic carboxylic acids is 1. The zero-order chi connectivity index (χ0) is 18.5. The standard InChI is InChI=1S/C17H18N8O2/c1-10-21-22-14-9-23(12-4-2-3-5-12)15-13(25(10)14)7-18-17(20-15)24-8-11(6-19-24)16(26)27/h6-8,12H,2-5,9H2,1H3,(H,26,27). The minimum atomic E-state index is -1.03. The Morgan fingerprint density at radius 2 is 2.04 bits per heavy atom. The van der Waals surface area contributed by atoms with Crippen LogP contribution in [0.3, 0.4) is 0 Å². The lowest BCUT2D eigenvalue weighted by molar-refractivity contribution is 0.0697. The maximum Gasteiger partial charge on any atom is 0.338 e. The second kappa shape index (κ2) is 5.86. The highest BCUT2D eigenvalue weighted by Crippen LogP contribution is 2.36. The Morgan fingerprint density at radius 1 is 1.22 bits per heavy atom. The smallest absolute Gasteiger partial charge is 0.338 e. The molecule has 27 heavy (non-hydrogen) atoms. The molecule has 1 saturated carbocycles. The molecule has 1 fully saturated rings. The molecule has 10 heteroatoms. The first kappa shape index (κ1) is 15.9. The first-order chi connectivity index (χ1) is 13.1. The number of fused-ring (bicyclic) bond motifs is 3. The lowest BCUT2D eigenvalue weighted by atomic mass is 10.1. The maximum absolute atomic E-state index is 11.1. The number of carboxylic acid groups (broad SMARTS) is 1. The number of carbonyl (C=O) groups is 1. The number of carboxylic acids is 1. The molecular formula is C17H18N8O2. The van der Waals surface area contributed by atoms with Crippen molar-refractivity contribution in [2.75, 3.05) is 4.90 Å². The molecule has 4 heterocycles. The van der Waals surface area contributed by atoms with Crippen molar-refractivity contribution < 1.29 is 9.90 Å². The molecule has 10 nitrogen and oxygen atoms in total. The van der Waals surface area contributed by atoms with Crippen LogP contribution in [0.4, 0.5) is 5.82 Å². The summed E-state index contributed by atoms with van der Waals surface area (Å²) in [4.78, 5) is 22.6. The molecule has 0 amide bonds. The van der Waals surface area contributed by atoms with Crippen LogP contribution in [0.1, 0.15) is 47.7 Å². The van der Waals surface area contributed by atoms with Crippen molar-refractivity contribution in [3.05, 3.63) is 35.8 Å². The van der Waals surface area contributed by atoms with Gasteiger partial charge < -0.3 is 10.0 Å². The van der Waals surface area contributed by atoms with Gasteiger partial charge in [-0.2, -0.15) is 10.1 Å². The van der Waals surface area contributed by atoms with Crippen molar-refractivity contribution in [1.82, 2.24) is 34.5 Å². The van der Waals surface area contributed by atoms with Gasteiger partial charge in [-0.25, -0.2) is 14.5 Å². The molecule has 0 aromatic carbocycles. The Kier molecular flexibility index (Phi) is 3.46. The second-order valence-corrected chi connectivity index (χ2v) is 6.92. The average Bonchev–Trinajstić information content (AvgIpc) is 3.41. The summed E-state index contributed by atoms with van der Waals surface area (Å²) in [6.07, 6.45) is 9.11. The van der Waals surface area contributed by atoms with E-state index in [1.807, 2.05) is 11.5 Å². The summed E-state index contributed by atoms with van der Waals surface area (Å²) in [7, 11) is 0. The van der Waals surface area contributed by atoms with Crippen LogP contribution >= 0.6 is 0 Å². The van der Waals surface area contributed by atoms with E-state index in [0.29, 0.717) is 18.5 Å². The van der Waals surface area contributed by atoms with Gasteiger partial charge in [0.25, 0.3) is 5.95 Å². The molecule has 1 aliphatic carbocycles. The Morgan fingerprint density at radius 3 is 2.78 bits per heavy atom. The summed E-state index contributed by atoms with van der Waals surface area (Å²) < 4.78 is 3.38. The number of hydrogen-bond acceptors (Lipinski definition) is 7. The van der Waals surface area contributed by atoms with Crippen molar-refractivity contribution in [2.24, 2.45) is 0 Å². The summed E-state index contributed by atoms with van der Waals surface area (Å²) in [5.74, 6) is 1.81. The van der Waals surface area contributed by atoms with Crippen LogP contribution in [0.15, 0.2) is 18.6 Å². The van der Waals surface area contributed by atoms with Gasteiger partial charge in [-0.05, 0) is 19.8 Å². The fourth-order valence-electron chi connectivity index (χ4n) is 3.95. The van der Waals surface area contributed by atoms with Crippen LogP contribution in [0.2, 0.25) is 0 Å². The van der Waals surface area contributed by atoms with Crippen LogP contribution in [0.25, 0.3) is 11.6 Å². The highest BCUT2D eigenvalue weighted by Gasteiger charge is 2.33. The van der Waals surface area contributed by atoms with E-state index in [1.54, 1.807) is 6.20 Å². The molecule has 1 aliphatic heterocycles. The van der Waals surface area contributed by atoms with E-state index in [4.69, 9.17) is 10.1 Å². The third kappa shape index (κ3) is 2.47. The second-order valence-electron chi connectivity index (χ2n) is 6.92. The van der Waals surface area contributed by atoms with E-state index < -0.39 is 5.97 Å². The Hall–Kier alpha value is -3.30. The summed E-state index contributed by atoms with van der Waals surface area (Å²) in [5.41, 5.74) is 0.945. The normalized spacial score (nSPS) is 16.4. The van der Waals surface area contributed by atoms with Gasteiger partial charge >= 0.3 is 5.97 Å². The van der Waals surface area contributed by atoms with E-state index in [9.17, 15) is 4.79 Å². The summed E-state index contributed by atoms with van der Waals surface area (Å²) in [6.45, 7) is 2.56. The minimum Gasteiger partial charge on any atom is -0.478 e. The topological polar surface area (TPSA) is 115 Å². The fraction of sp³-hybridized carbons (Fsp3) is 0.412. The maximum atomic E-state index is 11.1. The van der Waals surface area contributed by atoms with Crippen LogP contribution in [-0.2, 0) is 6.54 Å². The summed E-state index contributed by atoms with van der Waals surface area (Å²) in [5, 5.41) is 21.7. The van der Waals surface area contributed by atoms with Crippen molar-refractivity contribution in [2.45, 2.75) is 45.2 Å². The average molecular weight is 366 g/mol. The van der Waals surface area contributed by atoms with E-state index >= 15 is 0 Å². The molecule has 0 unspecified atom stereocenters. The predicted molar refractivity (Wildman–Crippen MR) is 94.2 cm³/mol. The van der Waals surface area contributed by atoms with Crippen molar-refractivity contribution in [1.29, 1.82) is 0 Å². The molecule has 138 valence electrons. The Labute approximate surface area is 154 Å². The van der Waals surface area contributed by atoms with Crippen LogP contribution < -0.4 is 4.90 Å². The number of aromatic nitrogens is 7. The van der Waals surface area contributed by atoms with Crippen LogP contribution in [-0.4, -0.2) is 51.6 Å². The minimum absolute atomic E-state index is 0.0981. The van der Waals surface area contributed by atoms with Gasteiger partial charge in [-0.1, -0.05) is 12.8 Å². The largest absolute Gasteiger partial charge is 0.478 e. The molecule has 0 bridgehead atoms. The van der Waals surface area contributed by atoms with Crippen molar-refractivity contribution in [3.63, 3.8) is 0 Å². The molecule has 3 aromatic rings. The third-order valence-corrected chi connectivity index (χ3v) is 5.25. The monoisotopic (exact) mass is 366 g/mol. The molecule has 5 rings (SSSR count). The first-order valence-corrected chi connectivity index (χ1v) is 8.95. The van der Waals surface area contributed by atoms with Crippen LogP contribution in [0, 0.1) is 6.92 Å². The highest BCUT2D eigenvalue weighted by molar-refractivity contribution is 5.86. The zero-order valence-electron chi connectivity index (χ0n) is 14.8. The predicted octanol–water partition coefficient (Wildman–Crippen LogP) is 1.51. The lowest BCUT2D eigenvalue weighted by Gasteiger charge is -2.34. The summed E-state index contributed by atoms with van der Waals surface area (Å²) >= 11 is 0. The molecule has 0 spiro atoms. The van der Waals surface area contributed by atoms with Crippen molar-refractivity contribution in [3.8, 4) is 11.6 Å². The Bertz CT molecular complexity index is 1030. The van der Waals surface area contributed by atoms with Crippen molar-refractivity contribution >= 4 is 11.8 Å². The number of hydrogen-bond donors (Lipinski definition) is 1. The molecule has 0 radical (unpaired) electrons. The number of rotatable bonds is 3. The number of anilines is 1. The van der Waals surface area contributed by atoms with Gasteiger partial charge in [0.15, 0.2) is 11.6 Å². The van der Waals surface area contributed by atoms with Gasteiger partial charge in [-0.3, -0.25) is 4.57 Å². The number of nitrogens with zero attached hydrogens (tertiary/aromatic N) is 8. The fourth-order valence-corrected chi connectivity index (χ4v) is 3.95. The quantitative estimate of drug-likeness (QED) is 0.742. The van der Waals surface area contributed by atoms with Gasteiger partial charge in [0.1, 0.15) is 11.5 Å². The van der Waals surface area contributed by atoms with Crippen LogP contribution in [0.5, 0.6) is 0 Å². The van der Waals surface area contributed by atoms with Gasteiger partial charge in [0, 0.05) is 12.2 Å². The lowest BCUT2D eigenvalue weighted by Crippen LogP contribution is -2.38. The summed E-state index contributed by atoms with van der Waals surface area (Å²) in [6, 6.07) is 0.407. The first-order valence-electron chi connectivity index (χ1n) is 8.95. The van der Waals surface area contributed by atoms with Gasteiger partial charge in [-0.15, -0.1) is 10.2 Å². The van der Waals surface area contributed by atoms with Gasteiger partial charge in [0.05, 0.1) is 24.5 Å². The molecule has 0 atom stereocenters. The highest BCUT2D eigenvalue weighted by atomic mass is 16.4. The van der Waals surface area contributed by atoms with Gasteiger partial charge in [0.2, 0.25) is 0 Å². The van der Waals surface area contributed by atoms with E-state index in [2.05, 4.69) is 25.2 Å². The Balaban J connectivity index is 1.63. The SMILES string of the molecule is Cc1nnc2n1-c1cnc(-n3cc(C(=O)O)cn3)nc1N(C1CCCC1)C2. The van der Waals surface area contributed by atoms with E-state index in [-0.39, 0.29) is 5.56 Å². The molecule has 2 aliphatic rings.